The van der Waals surface area contributed by atoms with E-state index in [1.807, 2.05) is 0 Å². The highest BCUT2D eigenvalue weighted by molar-refractivity contribution is 4.82. The van der Waals surface area contributed by atoms with Gasteiger partial charge in [0.2, 0.25) is 0 Å². The van der Waals surface area contributed by atoms with Gasteiger partial charge in [0.15, 0.2) is 0 Å². The van der Waals surface area contributed by atoms with Gasteiger partial charge in [0.05, 0.1) is 0 Å². The number of hydrogen-bond acceptors (Lipinski definition) is 3. The van der Waals surface area contributed by atoms with Crippen molar-refractivity contribution in [1.82, 2.24) is 14.7 Å². The quantitative estimate of drug-likeness (QED) is 0.760. The van der Waals surface area contributed by atoms with Gasteiger partial charge >= 0.3 is 0 Å². The van der Waals surface area contributed by atoms with E-state index >= 15 is 0 Å². The summed E-state index contributed by atoms with van der Waals surface area (Å²) in [5.74, 6) is 0. The van der Waals surface area contributed by atoms with Gasteiger partial charge in [-0.1, -0.05) is 6.42 Å². The molecule has 2 heterocycles. The van der Waals surface area contributed by atoms with Crippen molar-refractivity contribution in [3.63, 3.8) is 0 Å². The van der Waals surface area contributed by atoms with Gasteiger partial charge in [-0.15, -0.1) is 0 Å². The van der Waals surface area contributed by atoms with Gasteiger partial charge in [0.25, 0.3) is 0 Å². The maximum Gasteiger partial charge on any atom is 0.0126 e. The molecule has 0 aromatic rings. The number of piperazine rings is 1. The Morgan fingerprint density at radius 2 is 1.17 bits per heavy atom. The van der Waals surface area contributed by atoms with Crippen LogP contribution in [0.25, 0.3) is 0 Å². The first kappa shape index (κ1) is 14.3. The summed E-state index contributed by atoms with van der Waals surface area (Å²) in [7, 11) is 0. The van der Waals surface area contributed by atoms with Crippen molar-refractivity contribution in [3.8, 4) is 0 Å². The molecule has 2 aliphatic heterocycles. The molecular weight excluding hydrogens is 222 g/mol. The molecule has 0 radical (unpaired) electrons. The van der Waals surface area contributed by atoms with E-state index in [1.54, 1.807) is 0 Å². The largest absolute Gasteiger partial charge is 0.302 e. The molecule has 0 aromatic carbocycles. The molecule has 0 bridgehead atoms. The molecular formula is C15H31N3. The number of nitrogens with zero attached hydrogens (tertiary/aromatic N) is 3. The van der Waals surface area contributed by atoms with Gasteiger partial charge < -0.3 is 4.90 Å². The highest BCUT2D eigenvalue weighted by atomic mass is 15.3. The molecule has 0 atom stereocenters. The number of hydrogen-bond donors (Lipinski definition) is 0. The molecule has 0 unspecified atom stereocenters. The Morgan fingerprint density at radius 1 is 0.667 bits per heavy atom. The van der Waals surface area contributed by atoms with Gasteiger partial charge in [-0.25, -0.2) is 0 Å². The van der Waals surface area contributed by atoms with Crippen molar-refractivity contribution in [2.75, 3.05) is 52.4 Å². The maximum atomic E-state index is 2.65. The van der Waals surface area contributed by atoms with Crippen molar-refractivity contribution in [3.05, 3.63) is 0 Å². The predicted octanol–water partition coefficient (Wildman–Crippen LogP) is 1.89. The SMILES string of the molecule is CC(C)(C)N1CCN(CCN2CCCCC2)CC1. The molecule has 3 heteroatoms. The van der Waals surface area contributed by atoms with Crippen molar-refractivity contribution < 1.29 is 0 Å². The minimum absolute atomic E-state index is 0.346. The molecule has 18 heavy (non-hydrogen) atoms. The van der Waals surface area contributed by atoms with Gasteiger partial charge in [-0.05, 0) is 46.7 Å². The monoisotopic (exact) mass is 253 g/mol. The first-order valence-electron chi connectivity index (χ1n) is 7.75. The lowest BCUT2D eigenvalue weighted by molar-refractivity contribution is 0.0563. The van der Waals surface area contributed by atoms with E-state index in [2.05, 4.69) is 35.5 Å². The minimum Gasteiger partial charge on any atom is -0.302 e. The molecule has 3 nitrogen and oxygen atoms in total. The molecule has 2 fully saturated rings. The Bertz CT molecular complexity index is 233. The molecule has 2 rings (SSSR count). The molecule has 2 saturated heterocycles. The van der Waals surface area contributed by atoms with Crippen LogP contribution in [0.15, 0.2) is 0 Å². The number of likely N-dealkylation sites (tertiary alicyclic amines) is 1. The summed E-state index contributed by atoms with van der Waals surface area (Å²) >= 11 is 0. The lowest BCUT2D eigenvalue weighted by atomic mass is 10.0. The van der Waals surface area contributed by atoms with Crippen LogP contribution in [0.2, 0.25) is 0 Å². The Kier molecular flexibility index (Phi) is 5.05. The average Bonchev–Trinajstić information content (AvgIpc) is 2.37. The lowest BCUT2D eigenvalue weighted by Crippen LogP contribution is -2.54. The van der Waals surface area contributed by atoms with E-state index in [1.165, 1.54) is 71.6 Å². The fraction of sp³-hybridized carbons (Fsp3) is 1.00. The zero-order valence-corrected chi connectivity index (χ0v) is 12.6. The molecule has 2 aliphatic rings. The zero-order valence-electron chi connectivity index (χ0n) is 12.6. The van der Waals surface area contributed by atoms with Gasteiger partial charge in [-0.3, -0.25) is 9.80 Å². The molecule has 0 amide bonds. The number of piperidine rings is 1. The number of rotatable bonds is 3. The van der Waals surface area contributed by atoms with Crippen molar-refractivity contribution >= 4 is 0 Å². The smallest absolute Gasteiger partial charge is 0.0126 e. The van der Waals surface area contributed by atoms with Crippen LogP contribution in [0.1, 0.15) is 40.0 Å². The van der Waals surface area contributed by atoms with Crippen LogP contribution in [0.4, 0.5) is 0 Å². The Hall–Kier alpha value is -0.120. The summed E-state index contributed by atoms with van der Waals surface area (Å²) < 4.78 is 0. The van der Waals surface area contributed by atoms with E-state index in [-0.39, 0.29) is 0 Å². The fourth-order valence-electron chi connectivity index (χ4n) is 3.11. The van der Waals surface area contributed by atoms with Crippen LogP contribution in [0.3, 0.4) is 0 Å². The molecule has 0 spiro atoms. The molecule has 106 valence electrons. The summed E-state index contributed by atoms with van der Waals surface area (Å²) in [6.07, 6.45) is 4.27. The van der Waals surface area contributed by atoms with E-state index in [4.69, 9.17) is 0 Å². The summed E-state index contributed by atoms with van der Waals surface area (Å²) in [5.41, 5.74) is 0.346. The Labute approximate surface area is 113 Å². The van der Waals surface area contributed by atoms with Gasteiger partial charge in [-0.2, -0.15) is 0 Å². The fourth-order valence-corrected chi connectivity index (χ4v) is 3.11. The van der Waals surface area contributed by atoms with Crippen LogP contribution >= 0.6 is 0 Å². The van der Waals surface area contributed by atoms with E-state index in [9.17, 15) is 0 Å². The van der Waals surface area contributed by atoms with Crippen LogP contribution in [0, 0.1) is 0 Å². The van der Waals surface area contributed by atoms with Crippen molar-refractivity contribution in [2.45, 2.75) is 45.6 Å². The van der Waals surface area contributed by atoms with Crippen LogP contribution in [-0.2, 0) is 0 Å². The third-order valence-electron chi connectivity index (χ3n) is 4.50. The third-order valence-corrected chi connectivity index (χ3v) is 4.50. The second-order valence-corrected chi connectivity index (χ2v) is 6.90. The Morgan fingerprint density at radius 3 is 1.67 bits per heavy atom. The highest BCUT2D eigenvalue weighted by Gasteiger charge is 2.25. The normalized spacial score (nSPS) is 25.5. The third kappa shape index (κ3) is 4.22. The van der Waals surface area contributed by atoms with Crippen LogP contribution < -0.4 is 0 Å². The van der Waals surface area contributed by atoms with Crippen LogP contribution in [-0.4, -0.2) is 72.6 Å². The van der Waals surface area contributed by atoms with Crippen molar-refractivity contribution in [1.29, 1.82) is 0 Å². The standard InChI is InChI=1S/C15H31N3/c1-15(2,3)18-13-11-17(12-14-18)10-9-16-7-5-4-6-8-16/h4-14H2,1-3H3. The lowest BCUT2D eigenvalue weighted by Gasteiger charge is -2.42. The second-order valence-electron chi connectivity index (χ2n) is 6.90. The van der Waals surface area contributed by atoms with E-state index in [0.29, 0.717) is 5.54 Å². The minimum atomic E-state index is 0.346. The predicted molar refractivity (Wildman–Crippen MR) is 78.1 cm³/mol. The molecule has 0 saturated carbocycles. The first-order chi connectivity index (χ1) is 8.55. The van der Waals surface area contributed by atoms with Crippen molar-refractivity contribution in [2.24, 2.45) is 0 Å². The van der Waals surface area contributed by atoms with E-state index < -0.39 is 0 Å². The molecule has 0 N–H and O–H groups in total. The highest BCUT2D eigenvalue weighted by Crippen LogP contribution is 2.16. The summed E-state index contributed by atoms with van der Waals surface area (Å²) in [6.45, 7) is 17.2. The van der Waals surface area contributed by atoms with Gasteiger partial charge in [0.1, 0.15) is 0 Å². The average molecular weight is 253 g/mol. The molecule has 0 aromatic heterocycles. The topological polar surface area (TPSA) is 9.72 Å². The van der Waals surface area contributed by atoms with Gasteiger partial charge in [0, 0.05) is 44.8 Å². The molecule has 0 aliphatic carbocycles. The first-order valence-corrected chi connectivity index (χ1v) is 7.75. The zero-order chi connectivity index (χ0) is 13.0. The summed E-state index contributed by atoms with van der Waals surface area (Å²) in [4.78, 5) is 7.92. The Balaban J connectivity index is 1.64. The summed E-state index contributed by atoms with van der Waals surface area (Å²) in [6, 6.07) is 0. The second kappa shape index (κ2) is 6.36. The maximum absolute atomic E-state index is 2.65. The summed E-state index contributed by atoms with van der Waals surface area (Å²) in [5, 5.41) is 0. The van der Waals surface area contributed by atoms with E-state index in [0.717, 1.165) is 0 Å². The van der Waals surface area contributed by atoms with Crippen LogP contribution in [0.5, 0.6) is 0 Å².